The third kappa shape index (κ3) is 2.67. The van der Waals surface area contributed by atoms with Gasteiger partial charge in [0.15, 0.2) is 0 Å². The van der Waals surface area contributed by atoms with Gasteiger partial charge in [-0.25, -0.2) is 4.98 Å². The predicted octanol–water partition coefficient (Wildman–Crippen LogP) is 3.97. The van der Waals surface area contributed by atoms with Crippen LogP contribution in [0.15, 0.2) is 18.3 Å². The van der Waals surface area contributed by atoms with Crippen molar-refractivity contribution in [2.45, 2.75) is 39.2 Å². The second kappa shape index (κ2) is 5.05. The van der Waals surface area contributed by atoms with Crippen LogP contribution in [-0.2, 0) is 0 Å². The van der Waals surface area contributed by atoms with Gasteiger partial charge >= 0.3 is 0 Å². The molecule has 1 heterocycles. The molecule has 0 saturated heterocycles. The summed E-state index contributed by atoms with van der Waals surface area (Å²) in [5, 5.41) is 4.21. The van der Waals surface area contributed by atoms with Gasteiger partial charge in [-0.3, -0.25) is 0 Å². The van der Waals surface area contributed by atoms with Crippen molar-refractivity contribution >= 4 is 17.4 Å². The van der Waals surface area contributed by atoms with Crippen molar-refractivity contribution in [1.82, 2.24) is 4.98 Å². The maximum Gasteiger partial charge on any atom is 0.126 e. The van der Waals surface area contributed by atoms with Crippen LogP contribution < -0.4 is 5.32 Å². The van der Waals surface area contributed by atoms with E-state index in [0.717, 1.165) is 11.7 Å². The van der Waals surface area contributed by atoms with Crippen LogP contribution >= 0.6 is 11.6 Å². The Morgan fingerprint density at radius 1 is 1.31 bits per heavy atom. The number of anilines is 1. The quantitative estimate of drug-likeness (QED) is 0.843. The summed E-state index contributed by atoms with van der Waals surface area (Å²) in [6.45, 7) is 4.67. The van der Waals surface area contributed by atoms with E-state index in [1.54, 1.807) is 6.20 Å². The fourth-order valence-corrected chi connectivity index (χ4v) is 2.55. The SMILES string of the molecule is CC1CCCC(Nc2ccc(Cl)cn2)C1C. The van der Waals surface area contributed by atoms with Gasteiger partial charge in [-0.1, -0.05) is 38.3 Å². The summed E-state index contributed by atoms with van der Waals surface area (Å²) in [5.41, 5.74) is 0. The molecule has 3 heteroatoms. The molecule has 0 bridgehead atoms. The number of aromatic nitrogens is 1. The maximum atomic E-state index is 5.82. The molecule has 1 aliphatic rings. The van der Waals surface area contributed by atoms with Crippen LogP contribution in [0, 0.1) is 11.8 Å². The first-order valence-electron chi connectivity index (χ1n) is 6.05. The highest BCUT2D eigenvalue weighted by atomic mass is 35.5. The molecule has 0 spiro atoms. The van der Waals surface area contributed by atoms with Crippen molar-refractivity contribution in [2.75, 3.05) is 5.32 Å². The Balaban J connectivity index is 2.00. The Kier molecular flexibility index (Phi) is 3.70. The number of halogens is 1. The molecule has 0 aliphatic heterocycles. The molecular weight excluding hydrogens is 220 g/mol. The number of nitrogens with zero attached hydrogens (tertiary/aromatic N) is 1. The highest BCUT2D eigenvalue weighted by molar-refractivity contribution is 6.30. The molecular formula is C13H19ClN2. The summed E-state index contributed by atoms with van der Waals surface area (Å²) in [5.74, 6) is 2.46. The van der Waals surface area contributed by atoms with Gasteiger partial charge in [0.2, 0.25) is 0 Å². The topological polar surface area (TPSA) is 24.9 Å². The third-order valence-electron chi connectivity index (χ3n) is 3.77. The van der Waals surface area contributed by atoms with E-state index in [-0.39, 0.29) is 0 Å². The standard InChI is InChI=1S/C13H19ClN2/c1-9-4-3-5-12(10(9)2)16-13-7-6-11(14)8-15-13/h6-10,12H,3-5H2,1-2H3,(H,15,16). The van der Waals surface area contributed by atoms with E-state index in [1.807, 2.05) is 12.1 Å². The fourth-order valence-electron chi connectivity index (χ4n) is 2.44. The zero-order chi connectivity index (χ0) is 11.5. The molecule has 1 fully saturated rings. The van der Waals surface area contributed by atoms with Crippen molar-refractivity contribution in [1.29, 1.82) is 0 Å². The van der Waals surface area contributed by atoms with Gasteiger partial charge in [0, 0.05) is 12.2 Å². The zero-order valence-corrected chi connectivity index (χ0v) is 10.7. The summed E-state index contributed by atoms with van der Waals surface area (Å²) in [6.07, 6.45) is 5.61. The van der Waals surface area contributed by atoms with E-state index in [1.165, 1.54) is 19.3 Å². The second-order valence-electron chi connectivity index (χ2n) is 4.88. The number of pyridine rings is 1. The molecule has 0 aromatic carbocycles. The van der Waals surface area contributed by atoms with E-state index in [9.17, 15) is 0 Å². The smallest absolute Gasteiger partial charge is 0.126 e. The Labute approximate surface area is 102 Å². The molecule has 1 N–H and O–H groups in total. The zero-order valence-electron chi connectivity index (χ0n) is 9.91. The first-order valence-corrected chi connectivity index (χ1v) is 6.42. The largest absolute Gasteiger partial charge is 0.367 e. The summed E-state index contributed by atoms with van der Waals surface area (Å²) in [7, 11) is 0. The first-order chi connectivity index (χ1) is 7.66. The molecule has 88 valence electrons. The van der Waals surface area contributed by atoms with Crippen molar-refractivity contribution in [3.05, 3.63) is 23.4 Å². The lowest BCUT2D eigenvalue weighted by atomic mass is 9.78. The maximum absolute atomic E-state index is 5.82. The average molecular weight is 239 g/mol. The summed E-state index contributed by atoms with van der Waals surface area (Å²) < 4.78 is 0. The minimum atomic E-state index is 0.553. The highest BCUT2D eigenvalue weighted by Crippen LogP contribution is 2.31. The Morgan fingerprint density at radius 3 is 2.81 bits per heavy atom. The molecule has 2 nitrogen and oxygen atoms in total. The number of nitrogens with one attached hydrogen (secondary N) is 1. The molecule has 0 amide bonds. The van der Waals surface area contributed by atoms with E-state index >= 15 is 0 Å². The monoisotopic (exact) mass is 238 g/mol. The van der Waals surface area contributed by atoms with Crippen molar-refractivity contribution in [3.63, 3.8) is 0 Å². The Morgan fingerprint density at radius 2 is 2.12 bits per heavy atom. The number of hydrogen-bond donors (Lipinski definition) is 1. The second-order valence-corrected chi connectivity index (χ2v) is 5.32. The van der Waals surface area contributed by atoms with Gasteiger partial charge in [-0.05, 0) is 30.4 Å². The van der Waals surface area contributed by atoms with E-state index < -0.39 is 0 Å². The highest BCUT2D eigenvalue weighted by Gasteiger charge is 2.26. The number of hydrogen-bond acceptors (Lipinski definition) is 2. The minimum absolute atomic E-state index is 0.553. The van der Waals surface area contributed by atoms with E-state index in [2.05, 4.69) is 24.1 Å². The van der Waals surface area contributed by atoms with Crippen molar-refractivity contribution in [3.8, 4) is 0 Å². The molecule has 16 heavy (non-hydrogen) atoms. The molecule has 1 aromatic heterocycles. The molecule has 3 atom stereocenters. The molecule has 3 unspecified atom stereocenters. The van der Waals surface area contributed by atoms with Crippen LogP contribution in [-0.4, -0.2) is 11.0 Å². The first kappa shape index (κ1) is 11.7. The molecule has 0 radical (unpaired) electrons. The summed E-state index contributed by atoms with van der Waals surface area (Å²) in [6, 6.07) is 4.39. The Bertz CT molecular complexity index is 336. The molecule has 2 rings (SSSR count). The van der Waals surface area contributed by atoms with Gasteiger partial charge in [0.05, 0.1) is 5.02 Å². The molecule has 1 saturated carbocycles. The normalized spacial score (nSPS) is 30.1. The van der Waals surface area contributed by atoms with Gasteiger partial charge in [-0.15, -0.1) is 0 Å². The van der Waals surface area contributed by atoms with Crippen molar-refractivity contribution < 1.29 is 0 Å². The lowest BCUT2D eigenvalue weighted by Gasteiger charge is -2.34. The van der Waals surface area contributed by atoms with Crippen molar-refractivity contribution in [2.24, 2.45) is 11.8 Å². The molecule has 1 aromatic rings. The van der Waals surface area contributed by atoms with Gasteiger partial charge in [0.25, 0.3) is 0 Å². The van der Waals surface area contributed by atoms with Crippen LogP contribution in [0.4, 0.5) is 5.82 Å². The van der Waals surface area contributed by atoms with Crippen LogP contribution in [0.5, 0.6) is 0 Å². The van der Waals surface area contributed by atoms with E-state index in [4.69, 9.17) is 11.6 Å². The average Bonchev–Trinajstić information content (AvgIpc) is 2.28. The predicted molar refractivity (Wildman–Crippen MR) is 68.8 cm³/mol. The van der Waals surface area contributed by atoms with Gasteiger partial charge in [0.1, 0.15) is 5.82 Å². The van der Waals surface area contributed by atoms with Crippen LogP contribution in [0.1, 0.15) is 33.1 Å². The number of rotatable bonds is 2. The summed E-state index contributed by atoms with van der Waals surface area (Å²) in [4.78, 5) is 4.29. The lowest BCUT2D eigenvalue weighted by molar-refractivity contribution is 0.253. The molecule has 1 aliphatic carbocycles. The minimum Gasteiger partial charge on any atom is -0.367 e. The van der Waals surface area contributed by atoms with Gasteiger partial charge < -0.3 is 5.32 Å². The van der Waals surface area contributed by atoms with Crippen LogP contribution in [0.3, 0.4) is 0 Å². The summed E-state index contributed by atoms with van der Waals surface area (Å²) >= 11 is 5.82. The third-order valence-corrected chi connectivity index (χ3v) is 3.99. The van der Waals surface area contributed by atoms with Crippen LogP contribution in [0.25, 0.3) is 0 Å². The fraction of sp³-hybridized carbons (Fsp3) is 0.615. The lowest BCUT2D eigenvalue weighted by Crippen LogP contribution is -2.35. The van der Waals surface area contributed by atoms with Gasteiger partial charge in [-0.2, -0.15) is 0 Å². The van der Waals surface area contributed by atoms with Crippen LogP contribution in [0.2, 0.25) is 5.02 Å². The Hall–Kier alpha value is -0.760. The van der Waals surface area contributed by atoms with E-state index in [0.29, 0.717) is 17.0 Å².